The zero-order valence-electron chi connectivity index (χ0n) is 16.7. The highest BCUT2D eigenvalue weighted by molar-refractivity contribution is 6.40. The van der Waals surface area contributed by atoms with Crippen molar-refractivity contribution in [1.29, 1.82) is 0 Å². The predicted molar refractivity (Wildman–Crippen MR) is 113 cm³/mol. The Balaban J connectivity index is 1.48. The minimum atomic E-state index is -1.18. The van der Waals surface area contributed by atoms with Gasteiger partial charge in [0.2, 0.25) is 0 Å². The van der Waals surface area contributed by atoms with E-state index in [0.717, 1.165) is 58.2 Å². The van der Waals surface area contributed by atoms with Gasteiger partial charge in [-0.2, -0.15) is 0 Å². The van der Waals surface area contributed by atoms with Crippen LogP contribution in [0.4, 0.5) is 0 Å². The first kappa shape index (κ1) is 20.6. The third-order valence-electron chi connectivity index (χ3n) is 6.49. The topological polar surface area (TPSA) is 69.7 Å². The van der Waals surface area contributed by atoms with Crippen molar-refractivity contribution >= 4 is 13.2 Å². The van der Waals surface area contributed by atoms with Gasteiger partial charge in [-0.15, -0.1) is 0 Å². The molecule has 0 spiro atoms. The number of unbranched alkanes of at least 4 members (excludes halogenated alkanes) is 1. The summed E-state index contributed by atoms with van der Waals surface area (Å²) in [6.45, 7) is 5.44. The molecule has 1 saturated heterocycles. The van der Waals surface area contributed by atoms with E-state index in [1.54, 1.807) is 0 Å². The van der Waals surface area contributed by atoms with Crippen molar-refractivity contribution in [2.45, 2.75) is 70.3 Å². The number of allylic oxidation sites excluding steroid dienone is 1. The highest BCUT2D eigenvalue weighted by Crippen LogP contribution is 2.32. The van der Waals surface area contributed by atoms with E-state index >= 15 is 0 Å². The van der Waals surface area contributed by atoms with E-state index in [0.29, 0.717) is 12.2 Å². The molecule has 0 saturated carbocycles. The minimum Gasteiger partial charge on any atom is -0.427 e. The van der Waals surface area contributed by atoms with Gasteiger partial charge in [-0.1, -0.05) is 43.2 Å². The van der Waals surface area contributed by atoms with Gasteiger partial charge in [-0.25, -0.2) is 0 Å². The first-order valence-electron chi connectivity index (χ1n) is 10.6. The fourth-order valence-corrected chi connectivity index (χ4v) is 4.70. The maximum absolute atomic E-state index is 8.97. The van der Waals surface area contributed by atoms with Crippen molar-refractivity contribution in [3.8, 4) is 0 Å². The molecule has 1 unspecified atom stereocenters. The summed E-state index contributed by atoms with van der Waals surface area (Å²) >= 11 is 0. The van der Waals surface area contributed by atoms with Crippen LogP contribution in [0.1, 0.15) is 62.1 Å². The zero-order chi connectivity index (χ0) is 19.3. The fraction of sp³-hybridized carbons (Fsp3) is 0.636. The third kappa shape index (κ3) is 5.67. The molecule has 1 fully saturated rings. The van der Waals surface area contributed by atoms with E-state index < -0.39 is 7.12 Å². The van der Waals surface area contributed by atoms with Gasteiger partial charge < -0.3 is 15.8 Å². The molecule has 27 heavy (non-hydrogen) atoms. The molecular weight excluding hydrogens is 335 g/mol. The second-order valence-electron chi connectivity index (χ2n) is 8.71. The SMILES string of the molecule is CC(N)(CCCCB(O)O)C1CCN(Cc2cccc3c2C=CCC3)CC1. The number of hydrogen-bond donors (Lipinski definition) is 3. The zero-order valence-corrected chi connectivity index (χ0v) is 16.7. The number of piperidine rings is 1. The van der Waals surface area contributed by atoms with Gasteiger partial charge in [0.25, 0.3) is 0 Å². The Morgan fingerprint density at radius 1 is 1.22 bits per heavy atom. The van der Waals surface area contributed by atoms with Crippen LogP contribution in [0.15, 0.2) is 24.3 Å². The van der Waals surface area contributed by atoms with Gasteiger partial charge in [-0.05, 0) is 81.0 Å². The molecule has 0 aromatic heterocycles. The standard InChI is InChI=1S/C22H35BN2O2/c1-22(24,13-4-5-14-23(26)27)20-11-15-25(16-12-20)17-19-9-6-8-18-7-2-3-10-21(18)19/h3,6,8-10,20,26-27H,2,4-5,7,11-17,24H2,1H3. The van der Waals surface area contributed by atoms with Gasteiger partial charge in [0.15, 0.2) is 0 Å². The molecular formula is C22H35BN2O2. The average Bonchev–Trinajstić information content (AvgIpc) is 2.66. The van der Waals surface area contributed by atoms with Crippen molar-refractivity contribution in [1.82, 2.24) is 4.90 Å². The van der Waals surface area contributed by atoms with Crippen LogP contribution in [0.3, 0.4) is 0 Å². The summed E-state index contributed by atoms with van der Waals surface area (Å²) in [4.78, 5) is 2.58. The monoisotopic (exact) mass is 370 g/mol. The molecule has 1 atom stereocenters. The van der Waals surface area contributed by atoms with E-state index in [2.05, 4.69) is 42.2 Å². The van der Waals surface area contributed by atoms with Crippen LogP contribution < -0.4 is 5.73 Å². The van der Waals surface area contributed by atoms with Gasteiger partial charge in [-0.3, -0.25) is 4.90 Å². The molecule has 4 nitrogen and oxygen atoms in total. The van der Waals surface area contributed by atoms with E-state index in [-0.39, 0.29) is 5.54 Å². The van der Waals surface area contributed by atoms with Crippen molar-refractivity contribution in [2.24, 2.45) is 11.7 Å². The summed E-state index contributed by atoms with van der Waals surface area (Å²) in [5.74, 6) is 0.553. The normalized spacial score (nSPS) is 20.3. The molecule has 5 heteroatoms. The molecule has 0 bridgehead atoms. The van der Waals surface area contributed by atoms with Crippen LogP contribution in [0.2, 0.25) is 6.32 Å². The average molecular weight is 370 g/mol. The Kier molecular flexibility index (Phi) is 7.15. The number of rotatable bonds is 8. The summed E-state index contributed by atoms with van der Waals surface area (Å²) in [5.41, 5.74) is 10.9. The Bertz CT molecular complexity index is 637. The molecule has 4 N–H and O–H groups in total. The summed E-state index contributed by atoms with van der Waals surface area (Å²) in [6.07, 6.45) is 12.4. The Hall–Kier alpha value is -1.14. The summed E-state index contributed by atoms with van der Waals surface area (Å²) in [5, 5.41) is 17.9. The van der Waals surface area contributed by atoms with Crippen LogP contribution in [0.25, 0.3) is 6.08 Å². The number of hydrogen-bond acceptors (Lipinski definition) is 4. The number of aryl methyl sites for hydroxylation is 1. The van der Waals surface area contributed by atoms with E-state index in [9.17, 15) is 0 Å². The lowest BCUT2D eigenvalue weighted by Gasteiger charge is -2.41. The Labute approximate surface area is 164 Å². The van der Waals surface area contributed by atoms with Crippen LogP contribution in [0, 0.1) is 5.92 Å². The van der Waals surface area contributed by atoms with Crippen molar-refractivity contribution in [3.05, 3.63) is 41.0 Å². The number of fused-ring (bicyclic) bond motifs is 1. The van der Waals surface area contributed by atoms with Crippen molar-refractivity contribution in [3.63, 3.8) is 0 Å². The van der Waals surface area contributed by atoms with Gasteiger partial charge in [0, 0.05) is 12.1 Å². The highest BCUT2D eigenvalue weighted by atomic mass is 16.4. The summed E-state index contributed by atoms with van der Waals surface area (Å²) < 4.78 is 0. The molecule has 2 aliphatic rings. The van der Waals surface area contributed by atoms with Gasteiger partial charge in [0.05, 0.1) is 0 Å². The number of benzene rings is 1. The van der Waals surface area contributed by atoms with Crippen molar-refractivity contribution < 1.29 is 10.0 Å². The van der Waals surface area contributed by atoms with Crippen LogP contribution in [-0.4, -0.2) is 40.7 Å². The quantitative estimate of drug-likeness (QED) is 0.486. The molecule has 1 aromatic carbocycles. The van der Waals surface area contributed by atoms with Crippen molar-refractivity contribution in [2.75, 3.05) is 13.1 Å². The minimum absolute atomic E-state index is 0.152. The lowest BCUT2D eigenvalue weighted by atomic mass is 9.75. The van der Waals surface area contributed by atoms with E-state index in [1.807, 2.05) is 0 Å². The number of nitrogens with zero attached hydrogens (tertiary/aromatic N) is 1. The molecule has 1 aliphatic carbocycles. The lowest BCUT2D eigenvalue weighted by Crippen LogP contribution is -2.49. The van der Waals surface area contributed by atoms with Crippen LogP contribution in [-0.2, 0) is 13.0 Å². The molecule has 148 valence electrons. The Morgan fingerprint density at radius 2 is 2.00 bits per heavy atom. The third-order valence-corrected chi connectivity index (χ3v) is 6.49. The molecule has 3 rings (SSSR count). The van der Waals surface area contributed by atoms with Gasteiger partial charge in [0.1, 0.15) is 0 Å². The first-order chi connectivity index (χ1) is 13.0. The molecule has 1 aliphatic heterocycles. The van der Waals surface area contributed by atoms with Crippen LogP contribution in [0.5, 0.6) is 0 Å². The second-order valence-corrected chi connectivity index (χ2v) is 8.71. The maximum atomic E-state index is 8.97. The van der Waals surface area contributed by atoms with Gasteiger partial charge >= 0.3 is 7.12 Å². The largest absolute Gasteiger partial charge is 0.451 e. The Morgan fingerprint density at radius 3 is 2.74 bits per heavy atom. The maximum Gasteiger partial charge on any atom is 0.451 e. The molecule has 1 aromatic rings. The van der Waals surface area contributed by atoms with E-state index in [1.165, 1.54) is 23.1 Å². The lowest BCUT2D eigenvalue weighted by molar-refractivity contribution is 0.125. The smallest absolute Gasteiger partial charge is 0.427 e. The molecule has 0 radical (unpaired) electrons. The highest BCUT2D eigenvalue weighted by Gasteiger charge is 2.32. The number of likely N-dealkylation sites (tertiary alicyclic amines) is 1. The number of nitrogens with two attached hydrogens (primary N) is 1. The summed E-state index contributed by atoms with van der Waals surface area (Å²) in [7, 11) is -1.18. The van der Waals surface area contributed by atoms with Crippen LogP contribution >= 0.6 is 0 Å². The predicted octanol–water partition coefficient (Wildman–Crippen LogP) is 3.22. The second kappa shape index (κ2) is 9.38. The molecule has 1 heterocycles. The van der Waals surface area contributed by atoms with E-state index in [4.69, 9.17) is 15.8 Å². The molecule has 0 amide bonds. The fourth-order valence-electron chi connectivity index (χ4n) is 4.70. The first-order valence-corrected chi connectivity index (χ1v) is 10.6. The summed E-state index contributed by atoms with van der Waals surface area (Å²) in [6, 6.07) is 6.76.